The van der Waals surface area contributed by atoms with Gasteiger partial charge in [-0.1, -0.05) is 17.9 Å². The van der Waals surface area contributed by atoms with Crippen molar-refractivity contribution in [2.24, 2.45) is 0 Å². The van der Waals surface area contributed by atoms with Crippen LogP contribution in [0.1, 0.15) is 11.4 Å². The molecule has 0 saturated carbocycles. The first kappa shape index (κ1) is 9.92. The monoisotopic (exact) mass is 220 g/mol. The molecule has 0 saturated heterocycles. The molecule has 15 heavy (non-hydrogen) atoms. The first-order valence-corrected chi connectivity index (χ1v) is 5.40. The van der Waals surface area contributed by atoms with Crippen LogP contribution in [0.3, 0.4) is 0 Å². The van der Waals surface area contributed by atoms with E-state index in [4.69, 9.17) is 0 Å². The van der Waals surface area contributed by atoms with Gasteiger partial charge < -0.3 is 5.32 Å². The van der Waals surface area contributed by atoms with Crippen LogP contribution in [0.4, 0.5) is 5.13 Å². The van der Waals surface area contributed by atoms with E-state index in [2.05, 4.69) is 52.6 Å². The summed E-state index contributed by atoms with van der Waals surface area (Å²) < 4.78 is 2.08. The van der Waals surface area contributed by atoms with Gasteiger partial charge in [0.1, 0.15) is 0 Å². The van der Waals surface area contributed by atoms with Crippen LogP contribution in [-0.4, -0.2) is 14.8 Å². The quantitative estimate of drug-likeness (QED) is 0.864. The average Bonchev–Trinajstić information content (AvgIpc) is 2.75. The van der Waals surface area contributed by atoms with E-state index in [0.29, 0.717) is 0 Å². The molecule has 5 heteroatoms. The van der Waals surface area contributed by atoms with Crippen molar-refractivity contribution in [1.29, 1.82) is 0 Å². The Labute approximate surface area is 92.3 Å². The summed E-state index contributed by atoms with van der Waals surface area (Å²) in [6.45, 7) is 7.69. The fourth-order valence-electron chi connectivity index (χ4n) is 1.42. The summed E-state index contributed by atoms with van der Waals surface area (Å²) >= 11 is 1.50. The van der Waals surface area contributed by atoms with Crippen molar-refractivity contribution in [1.82, 2.24) is 14.8 Å². The molecular formula is C10H12N4S. The molecule has 2 rings (SSSR count). The number of aromatic nitrogens is 3. The van der Waals surface area contributed by atoms with Crippen LogP contribution in [0.15, 0.2) is 24.9 Å². The minimum Gasteiger partial charge on any atom is -0.337 e. The first-order chi connectivity index (χ1) is 7.22. The van der Waals surface area contributed by atoms with Crippen LogP contribution < -0.4 is 5.32 Å². The van der Waals surface area contributed by atoms with Crippen LogP contribution in [0, 0.1) is 13.8 Å². The van der Waals surface area contributed by atoms with Crippen LogP contribution in [0.5, 0.6) is 0 Å². The summed E-state index contributed by atoms with van der Waals surface area (Å²) in [5, 5.41) is 12.7. The van der Waals surface area contributed by atoms with E-state index in [0.717, 1.165) is 21.7 Å². The molecule has 0 aliphatic heterocycles. The number of anilines is 1. The van der Waals surface area contributed by atoms with E-state index in [1.54, 1.807) is 6.20 Å². The fourth-order valence-corrected chi connectivity index (χ4v) is 2.28. The summed E-state index contributed by atoms with van der Waals surface area (Å²) in [6.07, 6.45) is 1.60. The van der Waals surface area contributed by atoms with Gasteiger partial charge in [0.2, 0.25) is 10.3 Å². The lowest BCUT2D eigenvalue weighted by atomic mass is 10.5. The molecule has 0 aliphatic rings. The standard InChI is InChI=1S/C10H12N4S/c1-4-11-9-12-13-10(15-9)14-7(2)5-6-8(14)3/h4-6H,1H2,2-3H3,(H,11,12). The molecule has 0 atom stereocenters. The van der Waals surface area contributed by atoms with Gasteiger partial charge in [-0.05, 0) is 32.2 Å². The summed E-state index contributed by atoms with van der Waals surface area (Å²) in [5.41, 5.74) is 2.32. The van der Waals surface area contributed by atoms with Gasteiger partial charge in [0.05, 0.1) is 0 Å². The molecule has 2 aromatic rings. The SMILES string of the molecule is C=CNc1nnc(-n2c(C)ccc2C)s1. The maximum absolute atomic E-state index is 4.12. The predicted octanol–water partition coefficient (Wildman–Crippen LogP) is 2.50. The van der Waals surface area contributed by atoms with Gasteiger partial charge in [-0.2, -0.15) is 0 Å². The van der Waals surface area contributed by atoms with E-state index in [1.165, 1.54) is 11.3 Å². The van der Waals surface area contributed by atoms with Gasteiger partial charge in [0.25, 0.3) is 0 Å². The lowest BCUT2D eigenvalue weighted by molar-refractivity contribution is 0.913. The predicted molar refractivity (Wildman–Crippen MR) is 62.5 cm³/mol. The Kier molecular flexibility index (Phi) is 2.55. The van der Waals surface area contributed by atoms with Crippen molar-refractivity contribution in [3.8, 4) is 5.13 Å². The number of hydrogen-bond donors (Lipinski definition) is 1. The van der Waals surface area contributed by atoms with Crippen LogP contribution in [-0.2, 0) is 0 Å². The zero-order valence-corrected chi connectivity index (χ0v) is 9.51. The van der Waals surface area contributed by atoms with Gasteiger partial charge >= 0.3 is 0 Å². The third kappa shape index (κ3) is 1.78. The van der Waals surface area contributed by atoms with Gasteiger partial charge in [0.15, 0.2) is 0 Å². The highest BCUT2D eigenvalue weighted by molar-refractivity contribution is 7.17. The Bertz CT molecular complexity index is 464. The highest BCUT2D eigenvalue weighted by atomic mass is 32.1. The van der Waals surface area contributed by atoms with Crippen molar-refractivity contribution in [3.05, 3.63) is 36.3 Å². The third-order valence-electron chi connectivity index (χ3n) is 2.10. The highest BCUT2D eigenvalue weighted by Crippen LogP contribution is 2.22. The minimum absolute atomic E-state index is 0.757. The molecule has 0 fully saturated rings. The number of rotatable bonds is 3. The molecule has 2 heterocycles. The van der Waals surface area contributed by atoms with Gasteiger partial charge in [-0.3, -0.25) is 4.57 Å². The molecule has 0 amide bonds. The van der Waals surface area contributed by atoms with Gasteiger partial charge in [-0.25, -0.2) is 0 Å². The van der Waals surface area contributed by atoms with Crippen molar-refractivity contribution >= 4 is 16.5 Å². The second-order valence-corrected chi connectivity index (χ2v) is 4.15. The molecule has 0 radical (unpaired) electrons. The highest BCUT2D eigenvalue weighted by Gasteiger charge is 2.08. The van der Waals surface area contributed by atoms with Gasteiger partial charge in [-0.15, -0.1) is 10.2 Å². The Morgan fingerprint density at radius 1 is 1.33 bits per heavy atom. The van der Waals surface area contributed by atoms with Crippen molar-refractivity contribution in [2.45, 2.75) is 13.8 Å². The molecule has 78 valence electrons. The molecule has 0 aromatic carbocycles. The maximum Gasteiger partial charge on any atom is 0.218 e. The molecule has 0 aliphatic carbocycles. The molecule has 0 bridgehead atoms. The third-order valence-corrected chi connectivity index (χ3v) is 2.94. The van der Waals surface area contributed by atoms with Crippen molar-refractivity contribution < 1.29 is 0 Å². The number of aryl methyl sites for hydroxylation is 2. The van der Waals surface area contributed by atoms with E-state index < -0.39 is 0 Å². The molecule has 0 unspecified atom stereocenters. The second-order valence-electron chi connectivity index (χ2n) is 3.19. The van der Waals surface area contributed by atoms with E-state index in [1.807, 2.05) is 0 Å². The Morgan fingerprint density at radius 2 is 2.00 bits per heavy atom. The van der Waals surface area contributed by atoms with Crippen LogP contribution in [0.25, 0.3) is 5.13 Å². The number of nitrogens with zero attached hydrogens (tertiary/aromatic N) is 3. The number of nitrogens with one attached hydrogen (secondary N) is 1. The summed E-state index contributed by atoms with van der Waals surface area (Å²) in [6, 6.07) is 4.13. The normalized spacial score (nSPS) is 10.3. The van der Waals surface area contributed by atoms with Crippen LogP contribution in [0.2, 0.25) is 0 Å². The van der Waals surface area contributed by atoms with Gasteiger partial charge in [0, 0.05) is 11.4 Å². The average molecular weight is 220 g/mol. The molecule has 1 N–H and O–H groups in total. The van der Waals surface area contributed by atoms with Crippen molar-refractivity contribution in [3.63, 3.8) is 0 Å². The van der Waals surface area contributed by atoms with E-state index >= 15 is 0 Å². The molecular weight excluding hydrogens is 208 g/mol. The zero-order chi connectivity index (χ0) is 10.8. The zero-order valence-electron chi connectivity index (χ0n) is 8.69. The second kappa shape index (κ2) is 3.86. The van der Waals surface area contributed by atoms with Crippen molar-refractivity contribution in [2.75, 3.05) is 5.32 Å². The lowest BCUT2D eigenvalue weighted by Crippen LogP contribution is -1.97. The van der Waals surface area contributed by atoms with E-state index in [-0.39, 0.29) is 0 Å². The summed E-state index contributed by atoms with van der Waals surface area (Å²) in [7, 11) is 0. The minimum atomic E-state index is 0.757. The largest absolute Gasteiger partial charge is 0.337 e. The summed E-state index contributed by atoms with van der Waals surface area (Å²) in [5.74, 6) is 0. The smallest absolute Gasteiger partial charge is 0.218 e. The van der Waals surface area contributed by atoms with Crippen LogP contribution >= 0.6 is 11.3 Å². The molecule has 0 spiro atoms. The number of hydrogen-bond acceptors (Lipinski definition) is 4. The lowest BCUT2D eigenvalue weighted by Gasteiger charge is -2.02. The molecule has 4 nitrogen and oxygen atoms in total. The first-order valence-electron chi connectivity index (χ1n) is 4.58. The maximum atomic E-state index is 4.12. The topological polar surface area (TPSA) is 42.7 Å². The Hall–Kier alpha value is -1.62. The summed E-state index contributed by atoms with van der Waals surface area (Å²) in [4.78, 5) is 0. The Morgan fingerprint density at radius 3 is 2.60 bits per heavy atom. The van der Waals surface area contributed by atoms with E-state index in [9.17, 15) is 0 Å². The fraction of sp³-hybridized carbons (Fsp3) is 0.200. The molecule has 2 aromatic heterocycles. The Balaban J connectivity index is 2.41.